The average Bonchev–Trinajstić information content (AvgIpc) is 2.56. The van der Waals surface area contributed by atoms with Gasteiger partial charge in [0, 0.05) is 24.1 Å². The van der Waals surface area contributed by atoms with Crippen molar-refractivity contribution >= 4 is 39.1 Å². The third-order valence-corrected chi connectivity index (χ3v) is 6.44. The normalized spacial score (nSPS) is 12.7. The van der Waals surface area contributed by atoms with Crippen molar-refractivity contribution in [1.29, 1.82) is 0 Å². The first-order valence-corrected chi connectivity index (χ1v) is 10.1. The highest BCUT2D eigenvalue weighted by Crippen LogP contribution is 2.38. The van der Waals surface area contributed by atoms with Gasteiger partial charge in [-0.3, -0.25) is 10.1 Å². The maximum absolute atomic E-state index is 12.4. The monoisotopic (exact) mass is 416 g/mol. The van der Waals surface area contributed by atoms with E-state index in [1.807, 2.05) is 0 Å². The molecular weight excluding hydrogens is 400 g/mol. The fourth-order valence-corrected chi connectivity index (χ4v) is 4.58. The Morgan fingerprint density at radius 3 is 2.58 bits per heavy atom. The Balaban J connectivity index is 2.37. The Morgan fingerprint density at radius 1 is 1.27 bits per heavy atom. The molecule has 2 aromatic carbocycles. The molecule has 0 aliphatic heterocycles. The topological polar surface area (TPSA) is 98.5 Å². The molecule has 0 aliphatic rings. The highest BCUT2D eigenvalue weighted by molar-refractivity contribution is 7.99. The fraction of sp³-hybridized carbons (Fsp3) is 0.250. The Hall–Kier alpha value is -1.65. The summed E-state index contributed by atoms with van der Waals surface area (Å²) in [6.07, 6.45) is 0. The minimum atomic E-state index is -3.91. The maximum atomic E-state index is 12.4. The van der Waals surface area contributed by atoms with Crippen LogP contribution in [0.15, 0.2) is 57.2 Å². The van der Waals surface area contributed by atoms with Gasteiger partial charge in [-0.25, -0.2) is 13.1 Å². The Labute approximate surface area is 160 Å². The first kappa shape index (κ1) is 20.7. The van der Waals surface area contributed by atoms with Gasteiger partial charge in [-0.15, -0.1) is 0 Å². The first-order valence-electron chi connectivity index (χ1n) is 7.46. The van der Waals surface area contributed by atoms with Gasteiger partial charge in [0.25, 0.3) is 5.69 Å². The molecule has 2 rings (SSSR count). The first-order chi connectivity index (χ1) is 12.2. The largest absolute Gasteiger partial charge is 0.383 e. The van der Waals surface area contributed by atoms with Crippen molar-refractivity contribution < 1.29 is 18.1 Å². The van der Waals surface area contributed by atoms with Gasteiger partial charge in [0.2, 0.25) is 10.0 Å². The van der Waals surface area contributed by atoms with Gasteiger partial charge >= 0.3 is 0 Å². The molecule has 26 heavy (non-hydrogen) atoms. The summed E-state index contributed by atoms with van der Waals surface area (Å²) in [6, 6.07) is 10.2. The van der Waals surface area contributed by atoms with Gasteiger partial charge in [-0.1, -0.05) is 35.5 Å². The predicted molar refractivity (Wildman–Crippen MR) is 100 cm³/mol. The predicted octanol–water partition coefficient (Wildman–Crippen LogP) is 3.71. The molecule has 0 spiro atoms. The molecule has 0 aromatic heterocycles. The number of nitrogens with zero attached hydrogens (tertiary/aromatic N) is 1. The molecule has 140 valence electrons. The second-order valence-corrected chi connectivity index (χ2v) is 8.60. The van der Waals surface area contributed by atoms with E-state index in [-0.39, 0.29) is 17.2 Å². The van der Waals surface area contributed by atoms with Crippen LogP contribution >= 0.6 is 23.4 Å². The van der Waals surface area contributed by atoms with Crippen LogP contribution in [0, 0.1) is 10.1 Å². The third kappa shape index (κ3) is 5.18. The molecule has 0 aliphatic carbocycles. The van der Waals surface area contributed by atoms with Crippen molar-refractivity contribution in [3.63, 3.8) is 0 Å². The van der Waals surface area contributed by atoms with Crippen LogP contribution in [0.5, 0.6) is 0 Å². The van der Waals surface area contributed by atoms with Crippen molar-refractivity contribution in [2.24, 2.45) is 0 Å². The highest BCUT2D eigenvalue weighted by atomic mass is 35.5. The van der Waals surface area contributed by atoms with E-state index < -0.39 is 21.0 Å². The number of sulfonamides is 1. The fourth-order valence-electron chi connectivity index (χ4n) is 2.16. The summed E-state index contributed by atoms with van der Waals surface area (Å²) in [5.41, 5.74) is -0.308. The zero-order valence-electron chi connectivity index (χ0n) is 14.0. The molecule has 0 saturated heterocycles. The summed E-state index contributed by atoms with van der Waals surface area (Å²) in [5.74, 6) is 0. The number of nitrogens with one attached hydrogen (secondary N) is 1. The van der Waals surface area contributed by atoms with Gasteiger partial charge in [0.15, 0.2) is 0 Å². The molecule has 2 aromatic rings. The van der Waals surface area contributed by atoms with Crippen molar-refractivity contribution in [1.82, 2.24) is 4.72 Å². The lowest BCUT2D eigenvalue weighted by molar-refractivity contribution is -0.388. The van der Waals surface area contributed by atoms with Crippen molar-refractivity contribution in [3.05, 3.63) is 57.6 Å². The van der Waals surface area contributed by atoms with E-state index in [1.54, 1.807) is 31.2 Å². The lowest BCUT2D eigenvalue weighted by atomic mass is 10.3. The number of rotatable bonds is 8. The van der Waals surface area contributed by atoms with Gasteiger partial charge in [0.1, 0.15) is 0 Å². The Morgan fingerprint density at radius 2 is 1.96 bits per heavy atom. The van der Waals surface area contributed by atoms with Crippen LogP contribution in [0.25, 0.3) is 0 Å². The number of methoxy groups -OCH3 is 1. The second-order valence-electron chi connectivity index (χ2n) is 5.40. The minimum Gasteiger partial charge on any atom is -0.383 e. The Bertz CT molecular complexity index is 905. The number of halogens is 1. The summed E-state index contributed by atoms with van der Waals surface area (Å²) < 4.78 is 32.1. The smallest absolute Gasteiger partial charge is 0.284 e. The van der Waals surface area contributed by atoms with Crippen LogP contribution in [0.2, 0.25) is 5.02 Å². The van der Waals surface area contributed by atoms with E-state index in [0.717, 1.165) is 17.8 Å². The van der Waals surface area contributed by atoms with Crippen LogP contribution in [0.4, 0.5) is 5.69 Å². The molecule has 0 unspecified atom stereocenters. The lowest BCUT2D eigenvalue weighted by Gasteiger charge is -2.13. The number of nitro benzene ring substituents is 1. The van der Waals surface area contributed by atoms with E-state index in [0.29, 0.717) is 14.8 Å². The molecule has 0 radical (unpaired) electrons. The second kappa shape index (κ2) is 8.83. The van der Waals surface area contributed by atoms with Gasteiger partial charge in [-0.2, -0.15) is 0 Å². The van der Waals surface area contributed by atoms with Crippen LogP contribution in [-0.4, -0.2) is 33.1 Å². The summed E-state index contributed by atoms with van der Waals surface area (Å²) in [4.78, 5) is 11.6. The van der Waals surface area contributed by atoms with E-state index in [1.165, 1.54) is 19.2 Å². The third-order valence-electron chi connectivity index (χ3n) is 3.27. The summed E-state index contributed by atoms with van der Waals surface area (Å²) >= 11 is 7.19. The SMILES string of the molecule is COC[C@H](C)NS(=O)(=O)c1ccc(Sc2ccccc2Cl)c([N+](=O)[O-])c1. The van der Waals surface area contributed by atoms with Crippen LogP contribution < -0.4 is 4.72 Å². The summed E-state index contributed by atoms with van der Waals surface area (Å²) in [6.45, 7) is 1.82. The molecule has 0 saturated carbocycles. The van der Waals surface area contributed by atoms with Crippen LogP contribution in [-0.2, 0) is 14.8 Å². The molecule has 7 nitrogen and oxygen atoms in total. The number of benzene rings is 2. The van der Waals surface area contributed by atoms with Crippen molar-refractivity contribution in [2.45, 2.75) is 27.7 Å². The van der Waals surface area contributed by atoms with E-state index >= 15 is 0 Å². The highest BCUT2D eigenvalue weighted by Gasteiger charge is 2.23. The lowest BCUT2D eigenvalue weighted by Crippen LogP contribution is -2.35. The number of hydrogen-bond acceptors (Lipinski definition) is 6. The number of nitro groups is 1. The molecule has 1 atom stereocenters. The van der Waals surface area contributed by atoms with Gasteiger partial charge < -0.3 is 4.74 Å². The zero-order chi connectivity index (χ0) is 19.3. The molecule has 10 heteroatoms. The van der Waals surface area contributed by atoms with Crippen molar-refractivity contribution in [3.8, 4) is 0 Å². The quantitative estimate of drug-likeness (QED) is 0.520. The Kier molecular flexibility index (Phi) is 7.01. The van der Waals surface area contributed by atoms with E-state index in [4.69, 9.17) is 16.3 Å². The number of hydrogen-bond donors (Lipinski definition) is 1. The van der Waals surface area contributed by atoms with Crippen LogP contribution in [0.1, 0.15) is 6.92 Å². The molecule has 0 fully saturated rings. The standard InChI is InChI=1S/C16H17ClN2O5S2/c1-11(10-24-2)18-26(22,23)12-7-8-16(14(9-12)19(20)21)25-15-6-4-3-5-13(15)17/h3-9,11,18H,10H2,1-2H3/t11-/m0/s1. The van der Waals surface area contributed by atoms with Crippen molar-refractivity contribution in [2.75, 3.05) is 13.7 Å². The number of ether oxygens (including phenoxy) is 1. The van der Waals surface area contributed by atoms with Gasteiger partial charge in [-0.05, 0) is 31.2 Å². The van der Waals surface area contributed by atoms with Gasteiger partial charge in [0.05, 0.1) is 26.3 Å². The zero-order valence-corrected chi connectivity index (χ0v) is 16.4. The van der Waals surface area contributed by atoms with E-state index in [9.17, 15) is 18.5 Å². The summed E-state index contributed by atoms with van der Waals surface area (Å²) in [7, 11) is -2.45. The molecule has 0 bridgehead atoms. The average molecular weight is 417 g/mol. The summed E-state index contributed by atoms with van der Waals surface area (Å²) in [5, 5.41) is 11.9. The maximum Gasteiger partial charge on any atom is 0.284 e. The molecular formula is C16H17ClN2O5S2. The minimum absolute atomic E-state index is 0.182. The molecule has 0 amide bonds. The van der Waals surface area contributed by atoms with E-state index in [2.05, 4.69) is 4.72 Å². The molecule has 0 heterocycles. The molecule has 1 N–H and O–H groups in total. The van der Waals surface area contributed by atoms with Crippen LogP contribution in [0.3, 0.4) is 0 Å².